The van der Waals surface area contributed by atoms with Gasteiger partial charge in [-0.3, -0.25) is 19.2 Å². The Morgan fingerprint density at radius 3 is 2.27 bits per heavy atom. The number of hydrogen-bond acceptors (Lipinski definition) is 13. The molecule has 1 saturated carbocycles. The fourth-order valence-corrected chi connectivity index (χ4v) is 10.9. The largest absolute Gasteiger partial charge is 0.460 e. The molecule has 4 fully saturated rings. The lowest BCUT2D eigenvalue weighted by atomic mass is 9.68. The third kappa shape index (κ3) is 12.0. The zero-order valence-corrected chi connectivity index (χ0v) is 39.5. The van der Waals surface area contributed by atoms with Crippen molar-refractivity contribution in [3.05, 3.63) is 47.6 Å². The number of aliphatic hydroxyl groups is 3. The lowest BCUT2D eigenvalue weighted by Gasteiger charge is -2.50. The van der Waals surface area contributed by atoms with Gasteiger partial charge in [-0.25, -0.2) is 4.79 Å². The van der Waals surface area contributed by atoms with Crippen LogP contribution in [0.15, 0.2) is 47.6 Å². The van der Waals surface area contributed by atoms with Gasteiger partial charge in [0.05, 0.1) is 24.4 Å². The zero-order chi connectivity index (χ0) is 47.0. The number of esters is 1. The van der Waals surface area contributed by atoms with E-state index in [2.05, 4.69) is 0 Å². The summed E-state index contributed by atoms with van der Waals surface area (Å²) in [7, 11) is 4.52. The van der Waals surface area contributed by atoms with Crippen molar-refractivity contribution in [1.82, 2.24) is 4.90 Å². The van der Waals surface area contributed by atoms with Crippen LogP contribution in [0.4, 0.5) is 0 Å². The molecule has 0 aromatic heterocycles. The molecule has 0 aromatic carbocycles. The van der Waals surface area contributed by atoms with Gasteiger partial charge in [-0.1, -0.05) is 64.2 Å². The van der Waals surface area contributed by atoms with Crippen LogP contribution in [0.2, 0.25) is 0 Å². The van der Waals surface area contributed by atoms with Gasteiger partial charge in [-0.05, 0) is 101 Å². The van der Waals surface area contributed by atoms with Gasteiger partial charge in [0.1, 0.15) is 30.1 Å². The molecule has 5 rings (SSSR count). The van der Waals surface area contributed by atoms with E-state index in [1.165, 1.54) is 12.0 Å². The molecule has 4 aliphatic heterocycles. The number of rotatable bonds is 5. The molecule has 5 aliphatic rings. The third-order valence-corrected chi connectivity index (χ3v) is 14.9. The Kier molecular flexibility index (Phi) is 18.5. The first kappa shape index (κ1) is 51.6. The number of aliphatic hydroxyl groups excluding tert-OH is 2. The van der Waals surface area contributed by atoms with E-state index in [1.807, 2.05) is 51.2 Å². The van der Waals surface area contributed by atoms with Crippen LogP contribution in [-0.2, 0) is 47.7 Å². The van der Waals surface area contributed by atoms with Gasteiger partial charge in [0, 0.05) is 64.4 Å². The Morgan fingerprint density at radius 2 is 1.58 bits per heavy atom. The number of allylic oxidation sites excluding steroid dienone is 6. The lowest BCUT2D eigenvalue weighted by molar-refractivity contribution is -0.266. The number of ether oxygens (including phenoxy) is 5. The second-order valence-electron chi connectivity index (χ2n) is 19.5. The zero-order valence-electron chi connectivity index (χ0n) is 39.5. The summed E-state index contributed by atoms with van der Waals surface area (Å²) < 4.78 is 29.4. The number of hydrogen-bond donors (Lipinski definition) is 3. The molecule has 4 bridgehead atoms. The van der Waals surface area contributed by atoms with Crippen molar-refractivity contribution in [1.29, 1.82) is 0 Å². The highest BCUT2D eigenvalue weighted by Crippen LogP contribution is 2.45. The van der Waals surface area contributed by atoms with E-state index >= 15 is 0 Å². The fourth-order valence-electron chi connectivity index (χ4n) is 10.9. The number of amides is 1. The maximum Gasteiger partial charge on any atom is 0.329 e. The minimum absolute atomic E-state index is 0.0231. The van der Waals surface area contributed by atoms with Gasteiger partial charge >= 0.3 is 5.97 Å². The molecule has 1 amide bonds. The van der Waals surface area contributed by atoms with Gasteiger partial charge < -0.3 is 43.9 Å². The predicted octanol–water partition coefficient (Wildman–Crippen LogP) is 5.40. The van der Waals surface area contributed by atoms with E-state index in [-0.39, 0.29) is 42.5 Å². The van der Waals surface area contributed by atoms with E-state index in [9.17, 15) is 39.3 Å². The van der Waals surface area contributed by atoms with Crippen molar-refractivity contribution in [3.8, 4) is 0 Å². The van der Waals surface area contributed by atoms with Crippen LogP contribution in [0.3, 0.4) is 0 Å². The van der Waals surface area contributed by atoms with Gasteiger partial charge in [-0.2, -0.15) is 0 Å². The standard InChI is InChI=1S/C50H75NO13/c1-28-14-11-10-12-15-29(2)40(60-7)26-35-19-17-33(6)50(59,64-35)47(56)48(57)51-21-13-16-36-37(24-34-18-20-38(52)42(25-34)61-8)41(63-49(58)43(36)51)27-39(53)30(3)23-32(5)45(55)46(62-9)44(54)31(4)22-28/h10-12,14-15,23,28,30-31,33-38,40-43,45-46,52,55,59H,13,16-22,24-27H2,1-9H3/b12-10+,14-11+,29-15?,32-23+/t28-,30-,31-,33-,34+,35+,36?,37+,38-,40+,41?,42-,43+,45-,46+,50-/m1/s1. The molecule has 16 atom stereocenters. The quantitative estimate of drug-likeness (QED) is 0.181. The van der Waals surface area contributed by atoms with Crippen LogP contribution in [-0.4, -0.2) is 132 Å². The van der Waals surface area contributed by atoms with Crippen molar-refractivity contribution < 1.29 is 63.0 Å². The molecule has 3 saturated heterocycles. The molecule has 1 aliphatic carbocycles. The SMILES string of the molecule is CO[C@H]1C[C@@H]2CC[C@@H](C)[C@@](O)(O2)C(=O)C(=O)N2CCCC3[C@H](C[C@@H]4CC[C@@H](O)[C@H](OC)C4)C(CC(=O)[C@H](C)/C=C(\C)[C@@H](O)[C@@H](OC)C(=O)[C@H](C)C[C@H](C)/C=C/C=C/C=C1C)OC(=O)[C@H]32. The predicted molar refractivity (Wildman–Crippen MR) is 238 cm³/mol. The van der Waals surface area contributed by atoms with Crippen LogP contribution in [0.25, 0.3) is 0 Å². The molecule has 3 N–H and O–H groups in total. The van der Waals surface area contributed by atoms with Crippen molar-refractivity contribution in [2.75, 3.05) is 27.9 Å². The molecular weight excluding hydrogens is 823 g/mol. The van der Waals surface area contributed by atoms with Gasteiger partial charge in [0.25, 0.3) is 11.7 Å². The molecule has 358 valence electrons. The Morgan fingerprint density at radius 1 is 0.844 bits per heavy atom. The van der Waals surface area contributed by atoms with Crippen molar-refractivity contribution in [3.63, 3.8) is 0 Å². The average Bonchev–Trinajstić information content (AvgIpc) is 3.27. The van der Waals surface area contributed by atoms with E-state index in [4.69, 9.17) is 23.7 Å². The Balaban J connectivity index is 1.51. The summed E-state index contributed by atoms with van der Waals surface area (Å²) in [6.45, 7) is 10.9. The minimum Gasteiger partial charge on any atom is -0.460 e. The van der Waals surface area contributed by atoms with Gasteiger partial charge in [-0.15, -0.1) is 0 Å². The molecular formula is C50H75NO13. The van der Waals surface area contributed by atoms with Crippen LogP contribution in [0.5, 0.6) is 0 Å². The molecule has 14 heteroatoms. The fraction of sp³-hybridized carbons (Fsp3) is 0.740. The summed E-state index contributed by atoms with van der Waals surface area (Å²) in [6, 6.07) is -1.12. The second-order valence-corrected chi connectivity index (χ2v) is 19.5. The van der Waals surface area contributed by atoms with Gasteiger partial charge in [0.2, 0.25) is 5.79 Å². The summed E-state index contributed by atoms with van der Waals surface area (Å²) in [5.41, 5.74) is 1.28. The first-order valence-corrected chi connectivity index (χ1v) is 23.5. The molecule has 0 radical (unpaired) electrons. The summed E-state index contributed by atoms with van der Waals surface area (Å²) in [5, 5.41) is 34.1. The first-order chi connectivity index (χ1) is 30.3. The second kappa shape index (κ2) is 22.9. The number of fused-ring (bicyclic) bond motifs is 4. The minimum atomic E-state index is -2.43. The van der Waals surface area contributed by atoms with E-state index < -0.39 is 95.7 Å². The highest BCUT2D eigenvalue weighted by Gasteiger charge is 2.57. The molecule has 4 heterocycles. The number of carbonyl (C=O) groups is 5. The topological polar surface area (TPSA) is 195 Å². The normalized spacial score (nSPS) is 42.3. The summed E-state index contributed by atoms with van der Waals surface area (Å²) in [6.07, 6.45) is 10.8. The third-order valence-electron chi connectivity index (χ3n) is 14.9. The van der Waals surface area contributed by atoms with Crippen molar-refractivity contribution >= 4 is 29.2 Å². The summed E-state index contributed by atoms with van der Waals surface area (Å²) >= 11 is 0. The van der Waals surface area contributed by atoms with Crippen LogP contribution >= 0.6 is 0 Å². The van der Waals surface area contributed by atoms with Crippen LogP contribution < -0.4 is 0 Å². The molecule has 0 aromatic rings. The maximum absolute atomic E-state index is 14.4. The monoisotopic (exact) mass is 898 g/mol. The Labute approximate surface area is 379 Å². The van der Waals surface area contributed by atoms with Gasteiger partial charge in [0.15, 0.2) is 5.78 Å². The number of nitrogens with zero attached hydrogens (tertiary/aromatic N) is 1. The van der Waals surface area contributed by atoms with Crippen molar-refractivity contribution in [2.45, 2.75) is 167 Å². The summed E-state index contributed by atoms with van der Waals surface area (Å²) in [4.78, 5) is 72.0. The van der Waals surface area contributed by atoms with E-state index in [0.29, 0.717) is 69.8 Å². The Hall–Kier alpha value is -3.37. The lowest BCUT2D eigenvalue weighted by Crippen LogP contribution is -2.65. The number of methoxy groups -OCH3 is 3. The van der Waals surface area contributed by atoms with E-state index in [0.717, 1.165) is 5.57 Å². The summed E-state index contributed by atoms with van der Waals surface area (Å²) in [5.74, 6) is -8.43. The number of piperidine rings is 1. The van der Waals surface area contributed by atoms with Crippen LogP contribution in [0.1, 0.15) is 112 Å². The number of ketones is 3. The molecule has 0 spiro atoms. The Bertz CT molecular complexity index is 1790. The molecule has 14 nitrogen and oxygen atoms in total. The van der Waals surface area contributed by atoms with Crippen molar-refractivity contribution in [2.24, 2.45) is 41.4 Å². The number of carbonyl (C=O) groups excluding carboxylic acids is 5. The highest BCUT2D eigenvalue weighted by molar-refractivity contribution is 6.39. The highest BCUT2D eigenvalue weighted by atomic mass is 16.6. The van der Waals surface area contributed by atoms with Crippen LogP contribution in [0, 0.1) is 41.4 Å². The molecule has 2 unspecified atom stereocenters. The average molecular weight is 898 g/mol. The number of Topliss-reactive ketones (excluding diaryl/α,β-unsaturated/α-hetero) is 3. The maximum atomic E-state index is 14.4. The van der Waals surface area contributed by atoms with E-state index in [1.54, 1.807) is 41.1 Å². The molecule has 64 heavy (non-hydrogen) atoms. The first-order valence-electron chi connectivity index (χ1n) is 23.5. The smallest absolute Gasteiger partial charge is 0.329 e.